The Bertz CT molecular complexity index is 698. The van der Waals surface area contributed by atoms with Crippen molar-refractivity contribution < 1.29 is 43.8 Å². The van der Waals surface area contributed by atoms with Crippen molar-refractivity contribution in [3.8, 4) is 11.5 Å². The van der Waals surface area contributed by atoms with Crippen LogP contribution in [0.1, 0.15) is 0 Å². The Morgan fingerprint density at radius 1 is 1.00 bits per heavy atom. The van der Waals surface area contributed by atoms with Gasteiger partial charge in [-0.2, -0.15) is 0 Å². The average Bonchev–Trinajstić information content (AvgIpc) is 2.68. The predicted octanol–water partition coefficient (Wildman–Crippen LogP) is -3.60. The molecule has 8 heteroatoms. The van der Waals surface area contributed by atoms with E-state index in [9.17, 15) is 9.50 Å². The highest BCUT2D eigenvalue weighted by Crippen LogP contribution is 2.19. The Morgan fingerprint density at radius 3 is 2.29 bits per heavy atom. The third-order valence-electron chi connectivity index (χ3n) is 4.52. The molecule has 1 unspecified atom stereocenters. The summed E-state index contributed by atoms with van der Waals surface area (Å²) in [6, 6.07) is 13.9. The fraction of sp³-hybridized carbons (Fsp3) is 0.400. The van der Waals surface area contributed by atoms with Gasteiger partial charge in [-0.05, 0) is 36.4 Å². The van der Waals surface area contributed by atoms with Gasteiger partial charge in [0.05, 0.1) is 7.11 Å². The van der Waals surface area contributed by atoms with E-state index in [1.165, 1.54) is 12.1 Å². The number of benzene rings is 2. The van der Waals surface area contributed by atoms with Crippen LogP contribution in [-0.4, -0.2) is 62.6 Å². The van der Waals surface area contributed by atoms with E-state index in [4.69, 9.17) is 9.47 Å². The van der Waals surface area contributed by atoms with Gasteiger partial charge in [-0.1, -0.05) is 6.07 Å². The first-order valence-corrected chi connectivity index (χ1v) is 8.82. The summed E-state index contributed by atoms with van der Waals surface area (Å²) in [6.45, 7) is 4.23. The molecule has 28 heavy (non-hydrogen) atoms. The minimum atomic E-state index is -0.557. The maximum atomic E-state index is 13.0. The van der Waals surface area contributed by atoms with Crippen LogP contribution >= 0.6 is 0 Å². The lowest BCUT2D eigenvalue weighted by Gasteiger charge is -2.36. The SMILES string of the molecule is COc1cccc(OCC(O)CN2CCN(c3ccc(F)cc3)CC2)c1.[Cl-].[Cl-]. The number of rotatable bonds is 7. The molecule has 0 radical (unpaired) electrons. The topological polar surface area (TPSA) is 45.2 Å². The Balaban J connectivity index is 0.00000196. The number of halogens is 3. The fourth-order valence-corrected chi connectivity index (χ4v) is 3.07. The lowest BCUT2D eigenvalue weighted by Crippen LogP contribution is -3.00. The van der Waals surface area contributed by atoms with Crippen LogP contribution in [-0.2, 0) is 0 Å². The first-order valence-electron chi connectivity index (χ1n) is 8.82. The molecule has 0 amide bonds. The van der Waals surface area contributed by atoms with E-state index >= 15 is 0 Å². The predicted molar refractivity (Wildman–Crippen MR) is 99.5 cm³/mol. The smallest absolute Gasteiger partial charge is 0.123 e. The van der Waals surface area contributed by atoms with Gasteiger partial charge in [0.1, 0.15) is 30.0 Å². The molecule has 1 fully saturated rings. The lowest BCUT2D eigenvalue weighted by molar-refractivity contribution is -0.00100. The van der Waals surface area contributed by atoms with Gasteiger partial charge < -0.3 is 44.3 Å². The highest BCUT2D eigenvalue weighted by Gasteiger charge is 2.19. The number of β-amino-alcohol motifs (C(OH)–C–C–N with tert-alkyl or cyclic N) is 1. The Morgan fingerprint density at radius 2 is 1.64 bits per heavy atom. The number of anilines is 1. The molecule has 0 aliphatic carbocycles. The summed E-state index contributed by atoms with van der Waals surface area (Å²) in [5, 5.41) is 10.2. The quantitative estimate of drug-likeness (QED) is 0.491. The molecule has 0 bridgehead atoms. The Hall–Kier alpha value is -1.73. The van der Waals surface area contributed by atoms with Crippen LogP contribution in [0.2, 0.25) is 0 Å². The molecule has 2 aromatic carbocycles. The van der Waals surface area contributed by atoms with Crippen molar-refractivity contribution in [2.24, 2.45) is 0 Å². The van der Waals surface area contributed by atoms with Crippen molar-refractivity contribution in [3.05, 3.63) is 54.3 Å². The first-order chi connectivity index (χ1) is 12.6. The third kappa shape index (κ3) is 7.02. The molecule has 1 heterocycles. The zero-order chi connectivity index (χ0) is 18.4. The van der Waals surface area contributed by atoms with Gasteiger partial charge in [-0.25, -0.2) is 4.39 Å². The van der Waals surface area contributed by atoms with Crippen molar-refractivity contribution in [2.75, 3.05) is 51.3 Å². The van der Waals surface area contributed by atoms with Gasteiger partial charge in [-0.15, -0.1) is 0 Å². The number of ether oxygens (including phenoxy) is 2. The van der Waals surface area contributed by atoms with Crippen molar-refractivity contribution in [2.45, 2.75) is 6.10 Å². The summed E-state index contributed by atoms with van der Waals surface area (Å²) in [5.74, 6) is 1.20. The second-order valence-corrected chi connectivity index (χ2v) is 6.41. The van der Waals surface area contributed by atoms with Crippen LogP contribution in [0, 0.1) is 5.82 Å². The number of hydrogen-bond donors (Lipinski definition) is 1. The highest BCUT2D eigenvalue weighted by molar-refractivity contribution is 5.46. The van der Waals surface area contributed by atoms with Crippen molar-refractivity contribution in [1.82, 2.24) is 4.90 Å². The molecule has 1 aliphatic heterocycles. The van der Waals surface area contributed by atoms with Crippen LogP contribution in [0.5, 0.6) is 11.5 Å². The molecule has 156 valence electrons. The van der Waals surface area contributed by atoms with Gasteiger partial charge in [0, 0.05) is 44.5 Å². The van der Waals surface area contributed by atoms with Gasteiger partial charge in [0.25, 0.3) is 0 Å². The monoisotopic (exact) mass is 430 g/mol. The summed E-state index contributed by atoms with van der Waals surface area (Å²) < 4.78 is 23.8. The molecular weight excluding hydrogens is 406 g/mol. The van der Waals surface area contributed by atoms with Gasteiger partial charge in [0.15, 0.2) is 0 Å². The Labute approximate surface area is 177 Å². The molecule has 1 aliphatic rings. The number of piperazine rings is 1. The second kappa shape index (κ2) is 12.0. The second-order valence-electron chi connectivity index (χ2n) is 6.41. The van der Waals surface area contributed by atoms with Gasteiger partial charge >= 0.3 is 0 Å². The lowest BCUT2D eigenvalue weighted by atomic mass is 10.2. The van der Waals surface area contributed by atoms with E-state index < -0.39 is 6.10 Å². The van der Waals surface area contributed by atoms with E-state index in [1.807, 2.05) is 30.3 Å². The van der Waals surface area contributed by atoms with E-state index in [-0.39, 0.29) is 37.2 Å². The minimum absolute atomic E-state index is 0. The van der Waals surface area contributed by atoms with Crippen LogP contribution in [0.4, 0.5) is 10.1 Å². The zero-order valence-electron chi connectivity index (χ0n) is 15.7. The molecule has 5 nitrogen and oxygen atoms in total. The summed E-state index contributed by atoms with van der Waals surface area (Å²) >= 11 is 0. The number of methoxy groups -OCH3 is 1. The van der Waals surface area contributed by atoms with Crippen LogP contribution in [0.25, 0.3) is 0 Å². The molecule has 1 N–H and O–H groups in total. The van der Waals surface area contributed by atoms with Crippen molar-refractivity contribution >= 4 is 5.69 Å². The molecule has 0 aromatic heterocycles. The third-order valence-corrected chi connectivity index (χ3v) is 4.52. The maximum absolute atomic E-state index is 13.0. The number of nitrogens with zero attached hydrogens (tertiary/aromatic N) is 2. The molecule has 1 saturated heterocycles. The van der Waals surface area contributed by atoms with E-state index in [0.29, 0.717) is 12.3 Å². The van der Waals surface area contributed by atoms with Crippen molar-refractivity contribution in [1.29, 1.82) is 0 Å². The van der Waals surface area contributed by atoms with E-state index in [1.54, 1.807) is 13.2 Å². The molecule has 1 atom stereocenters. The van der Waals surface area contributed by atoms with Crippen molar-refractivity contribution in [3.63, 3.8) is 0 Å². The van der Waals surface area contributed by atoms with Crippen LogP contribution in [0.15, 0.2) is 48.5 Å². The standard InChI is InChI=1S/C20H25FN2O3.2ClH/c1-25-19-3-2-4-20(13-19)26-15-18(24)14-22-9-11-23(12-10-22)17-7-5-16(21)6-8-17;;/h2-8,13,18,24H,9-12,14-15H2,1H3;2*1H/p-2. The van der Waals surface area contributed by atoms with E-state index in [2.05, 4.69) is 9.80 Å². The highest BCUT2D eigenvalue weighted by atomic mass is 35.5. The summed E-state index contributed by atoms with van der Waals surface area (Å²) in [5.41, 5.74) is 1.04. The largest absolute Gasteiger partial charge is 1.00 e. The maximum Gasteiger partial charge on any atom is 0.123 e. The fourth-order valence-electron chi connectivity index (χ4n) is 3.07. The van der Waals surface area contributed by atoms with E-state index in [0.717, 1.165) is 37.6 Å². The minimum Gasteiger partial charge on any atom is -1.00 e. The Kier molecular flexibility index (Phi) is 10.4. The summed E-state index contributed by atoms with van der Waals surface area (Å²) in [4.78, 5) is 4.45. The van der Waals surface area contributed by atoms with Gasteiger partial charge in [0.2, 0.25) is 0 Å². The van der Waals surface area contributed by atoms with Crippen LogP contribution in [0.3, 0.4) is 0 Å². The number of hydrogen-bond acceptors (Lipinski definition) is 5. The summed E-state index contributed by atoms with van der Waals surface area (Å²) in [7, 11) is 1.61. The number of aliphatic hydroxyl groups excluding tert-OH is 1. The molecule has 0 spiro atoms. The first kappa shape index (κ1) is 24.3. The molecule has 0 saturated carbocycles. The average molecular weight is 431 g/mol. The normalized spacial score (nSPS) is 15.2. The van der Waals surface area contributed by atoms with Gasteiger partial charge in [-0.3, -0.25) is 4.90 Å². The summed E-state index contributed by atoms with van der Waals surface area (Å²) in [6.07, 6.45) is -0.557. The number of aliphatic hydroxyl groups is 1. The molecular formula is C20H25Cl2FN2O3-2. The zero-order valence-corrected chi connectivity index (χ0v) is 17.2. The molecule has 2 aromatic rings. The molecule has 3 rings (SSSR count). The van der Waals surface area contributed by atoms with Crippen LogP contribution < -0.4 is 39.2 Å².